The number of rotatable bonds is 12. The van der Waals surface area contributed by atoms with Crippen molar-refractivity contribution in [3.05, 3.63) is 126 Å². The highest BCUT2D eigenvalue weighted by Crippen LogP contribution is 2.43. The molecule has 2 unspecified atom stereocenters. The molecule has 4 aliphatic rings. The monoisotopic (exact) mass is 822 g/mol. The molecule has 2 fully saturated rings. The minimum absolute atomic E-state index is 0.228. The number of nitrogens with one attached hydrogen (secondary N) is 2. The summed E-state index contributed by atoms with van der Waals surface area (Å²) in [5.74, 6) is 0.984. The number of amides is 1. The molecule has 5 heterocycles. The molecule has 0 spiro atoms. The number of fused-ring (bicyclic) bond motifs is 1. The second kappa shape index (κ2) is 17.3. The summed E-state index contributed by atoms with van der Waals surface area (Å²) in [6.07, 6.45) is 15.2. The van der Waals surface area contributed by atoms with E-state index in [-0.39, 0.29) is 11.3 Å². The van der Waals surface area contributed by atoms with Crippen LogP contribution in [0.3, 0.4) is 0 Å². The van der Waals surface area contributed by atoms with Gasteiger partial charge in [-0.25, -0.2) is 27.2 Å². The van der Waals surface area contributed by atoms with Gasteiger partial charge in [0.15, 0.2) is 0 Å². The lowest BCUT2D eigenvalue weighted by Crippen LogP contribution is -2.42. The first-order valence-electron chi connectivity index (χ1n) is 20.0. The molecule has 12 nitrogen and oxygen atoms in total. The van der Waals surface area contributed by atoms with Gasteiger partial charge in [0.2, 0.25) is 5.95 Å². The lowest BCUT2D eigenvalue weighted by molar-refractivity contribution is 0.102. The minimum atomic E-state index is -2.94. The van der Waals surface area contributed by atoms with Crippen molar-refractivity contribution in [2.45, 2.75) is 37.8 Å². The molecule has 0 bridgehead atoms. The average molecular weight is 823 g/mol. The summed E-state index contributed by atoms with van der Waals surface area (Å²) in [7, 11) is -1.30. The van der Waals surface area contributed by atoms with E-state index < -0.39 is 45.1 Å². The number of methoxy groups -OCH3 is 1. The van der Waals surface area contributed by atoms with E-state index in [0.717, 1.165) is 86.8 Å². The second-order valence-electron chi connectivity index (χ2n) is 15.6. The summed E-state index contributed by atoms with van der Waals surface area (Å²) < 4.78 is 57.8. The van der Waals surface area contributed by atoms with Crippen molar-refractivity contribution in [3.63, 3.8) is 0 Å². The van der Waals surface area contributed by atoms with Crippen LogP contribution in [0.15, 0.2) is 102 Å². The maximum atomic E-state index is 14.4. The van der Waals surface area contributed by atoms with E-state index in [2.05, 4.69) is 37.6 Å². The summed E-state index contributed by atoms with van der Waals surface area (Å²) in [4.78, 5) is 34.5. The third-order valence-corrected chi connectivity index (χ3v) is 12.7. The largest absolute Gasteiger partial charge is 0.494 e. The van der Waals surface area contributed by atoms with Gasteiger partial charge in [0.25, 0.3) is 5.91 Å². The van der Waals surface area contributed by atoms with E-state index in [1.165, 1.54) is 12.3 Å². The fourth-order valence-corrected chi connectivity index (χ4v) is 9.24. The van der Waals surface area contributed by atoms with Crippen molar-refractivity contribution in [1.82, 2.24) is 19.8 Å². The summed E-state index contributed by atoms with van der Waals surface area (Å²) in [5, 5.41) is 5.74. The molecule has 59 heavy (non-hydrogen) atoms. The normalized spacial score (nSPS) is 20.0. The molecular weight excluding hydrogens is 775 g/mol. The van der Waals surface area contributed by atoms with E-state index in [0.29, 0.717) is 35.8 Å². The van der Waals surface area contributed by atoms with E-state index in [4.69, 9.17) is 14.7 Å². The number of allylic oxidation sites excluding steroid dienone is 2. The number of sulfone groups is 1. The maximum Gasteiger partial charge on any atom is 0.255 e. The maximum absolute atomic E-state index is 14.4. The standard InChI is InChI=1S/C44H48F2N8O4S/c1-58-38-28-33(53-23-17-30(18-24-53)29-15-21-52(22-16-29)25-26-59(2,56)57)12-13-36(38)48-44-47-19-14-37(49-44)42-40(50-39-11-3-4-20-54(39)42)31-7-5-8-32(27-31)43(55)51-41-34(45)9-6-10-35(41)46/h3-14,19-20,27-30,40,42H,15-18,21-26H2,1-2H3,(H,51,55)(H,47,48,49). The van der Waals surface area contributed by atoms with Gasteiger partial charge in [-0.05, 0) is 111 Å². The second-order valence-corrected chi connectivity index (χ2v) is 17.9. The van der Waals surface area contributed by atoms with E-state index in [1.807, 2.05) is 47.5 Å². The fourth-order valence-electron chi connectivity index (χ4n) is 8.65. The number of ether oxygens (including phenoxy) is 1. The molecule has 8 rings (SSSR count). The molecule has 0 saturated carbocycles. The zero-order valence-electron chi connectivity index (χ0n) is 33.1. The van der Waals surface area contributed by atoms with Crippen LogP contribution in [0.2, 0.25) is 0 Å². The first-order chi connectivity index (χ1) is 28.5. The Hall–Kier alpha value is -5.67. The lowest BCUT2D eigenvalue weighted by Gasteiger charge is -2.41. The van der Waals surface area contributed by atoms with Crippen LogP contribution in [0.1, 0.15) is 59.4 Å². The summed E-state index contributed by atoms with van der Waals surface area (Å²) in [5.41, 5.74) is 2.95. The zero-order chi connectivity index (χ0) is 41.1. The summed E-state index contributed by atoms with van der Waals surface area (Å²) >= 11 is 0. The number of likely N-dealkylation sites (tertiary alicyclic amines) is 1. The topological polar surface area (TPSA) is 132 Å². The number of piperidine rings is 2. The molecule has 4 aromatic rings. The number of anilines is 4. The molecular formula is C44H48F2N8O4S. The number of benzene rings is 3. The molecule has 0 aliphatic carbocycles. The van der Waals surface area contributed by atoms with E-state index >= 15 is 0 Å². The summed E-state index contributed by atoms with van der Waals surface area (Å²) in [6, 6.07) is 17.4. The number of para-hydroxylation sites is 1. The molecule has 3 aromatic carbocycles. The zero-order valence-corrected chi connectivity index (χ0v) is 33.9. The van der Waals surface area contributed by atoms with Crippen molar-refractivity contribution in [1.29, 1.82) is 0 Å². The molecule has 308 valence electrons. The highest BCUT2D eigenvalue weighted by molar-refractivity contribution is 7.90. The van der Waals surface area contributed by atoms with Gasteiger partial charge >= 0.3 is 0 Å². The Balaban J connectivity index is 0.943. The van der Waals surface area contributed by atoms with Crippen LogP contribution < -0.4 is 20.3 Å². The number of aliphatic imine (C=N–C) groups is 1. The van der Waals surface area contributed by atoms with Crippen LogP contribution in [0.5, 0.6) is 5.75 Å². The van der Waals surface area contributed by atoms with Crippen molar-refractivity contribution in [2.24, 2.45) is 16.8 Å². The Kier molecular flexibility index (Phi) is 11.8. The number of hydrogen-bond donors (Lipinski definition) is 2. The first kappa shape index (κ1) is 40.1. The Morgan fingerprint density at radius 2 is 1.64 bits per heavy atom. The van der Waals surface area contributed by atoms with Crippen molar-refractivity contribution in [2.75, 3.05) is 67.4 Å². The van der Waals surface area contributed by atoms with Crippen molar-refractivity contribution >= 4 is 44.6 Å². The van der Waals surface area contributed by atoms with Gasteiger partial charge in [-0.2, -0.15) is 0 Å². The van der Waals surface area contributed by atoms with Gasteiger partial charge in [-0.1, -0.05) is 24.3 Å². The van der Waals surface area contributed by atoms with Crippen LogP contribution in [0.25, 0.3) is 0 Å². The molecule has 1 amide bonds. The van der Waals surface area contributed by atoms with E-state index in [9.17, 15) is 22.0 Å². The quantitative estimate of drug-likeness (QED) is 0.150. The SMILES string of the molecule is COc1cc(N2CCC(C3CCN(CCS(C)(=O)=O)CC3)CC2)ccc1Nc1nccc(C2C(c3cccc(C(=O)Nc4c(F)cccc4F)c3)N=C3C=CC=CN32)n1. The summed E-state index contributed by atoms with van der Waals surface area (Å²) in [6.45, 7) is 4.50. The third kappa shape index (κ3) is 9.15. The van der Waals surface area contributed by atoms with Crippen LogP contribution in [-0.4, -0.2) is 91.8 Å². The van der Waals surface area contributed by atoms with Crippen LogP contribution in [-0.2, 0) is 9.84 Å². The predicted octanol–water partition coefficient (Wildman–Crippen LogP) is 7.31. The van der Waals surface area contributed by atoms with Gasteiger partial charge in [0.05, 0.1) is 24.2 Å². The molecule has 2 N–H and O–H groups in total. The van der Waals surface area contributed by atoms with Crippen LogP contribution >= 0.6 is 0 Å². The lowest BCUT2D eigenvalue weighted by atomic mass is 9.78. The van der Waals surface area contributed by atoms with Crippen LogP contribution in [0, 0.1) is 23.5 Å². The number of carbonyl (C=O) groups is 1. The molecule has 15 heteroatoms. The molecule has 0 radical (unpaired) electrons. The van der Waals surface area contributed by atoms with Crippen LogP contribution in [0.4, 0.5) is 31.8 Å². The predicted molar refractivity (Wildman–Crippen MR) is 226 cm³/mol. The Bertz CT molecular complexity index is 2370. The van der Waals surface area contributed by atoms with Gasteiger partial charge in [-0.3, -0.25) is 9.79 Å². The Morgan fingerprint density at radius 1 is 0.915 bits per heavy atom. The van der Waals surface area contributed by atoms with E-state index in [1.54, 1.807) is 31.5 Å². The molecule has 2 atom stereocenters. The number of aromatic nitrogens is 2. The number of amidine groups is 1. The number of nitrogens with zero attached hydrogens (tertiary/aromatic N) is 6. The highest BCUT2D eigenvalue weighted by atomic mass is 32.2. The van der Waals surface area contributed by atoms with Gasteiger partial charge in [0.1, 0.15) is 50.8 Å². The minimum Gasteiger partial charge on any atom is -0.494 e. The first-order valence-corrected chi connectivity index (χ1v) is 22.1. The Morgan fingerprint density at radius 3 is 2.37 bits per heavy atom. The third-order valence-electron chi connectivity index (χ3n) is 11.8. The fraction of sp³-hybridized carbons (Fsp3) is 0.364. The number of hydrogen-bond acceptors (Lipinski definition) is 11. The number of carbonyl (C=O) groups excluding carboxylic acids is 1. The smallest absolute Gasteiger partial charge is 0.255 e. The molecule has 2 saturated heterocycles. The highest BCUT2D eigenvalue weighted by Gasteiger charge is 2.38. The Labute approximate surface area is 343 Å². The van der Waals surface area contributed by atoms with Crippen molar-refractivity contribution in [3.8, 4) is 5.75 Å². The molecule has 1 aromatic heterocycles. The van der Waals surface area contributed by atoms with Crippen molar-refractivity contribution < 1.29 is 26.7 Å². The van der Waals surface area contributed by atoms with Gasteiger partial charge in [-0.15, -0.1) is 0 Å². The average Bonchev–Trinajstić information content (AvgIpc) is 3.64. The molecule has 4 aliphatic heterocycles. The number of halogens is 2. The van der Waals surface area contributed by atoms with Gasteiger partial charge in [0, 0.05) is 55.6 Å². The van der Waals surface area contributed by atoms with Gasteiger partial charge < -0.3 is 30.1 Å².